The van der Waals surface area contributed by atoms with E-state index >= 15 is 0 Å². The first kappa shape index (κ1) is 16.4. The minimum Gasteiger partial charge on any atom is -0.384 e. The number of carbonyl (C=O) groups is 1. The maximum Gasteiger partial charge on any atom is 0.230 e. The zero-order valence-corrected chi connectivity index (χ0v) is 14.6. The van der Waals surface area contributed by atoms with Crippen LogP contribution in [-0.2, 0) is 16.0 Å². The Kier molecular flexibility index (Phi) is 6.62. The first-order valence-electron chi connectivity index (χ1n) is 6.17. The van der Waals surface area contributed by atoms with Crippen LogP contribution in [0.2, 0.25) is 0 Å². The van der Waals surface area contributed by atoms with Crippen LogP contribution in [-0.4, -0.2) is 35.6 Å². The van der Waals surface area contributed by atoms with Gasteiger partial charge in [-0.3, -0.25) is 4.79 Å². The molecular formula is C13H14BrN3O2S2. The van der Waals surface area contributed by atoms with Crippen LogP contribution in [0.4, 0.5) is 5.13 Å². The average molecular weight is 388 g/mol. The molecule has 0 spiro atoms. The molecule has 2 rings (SSSR count). The largest absolute Gasteiger partial charge is 0.384 e. The van der Waals surface area contributed by atoms with Crippen LogP contribution in [0.15, 0.2) is 33.1 Å². The second kappa shape index (κ2) is 8.47. The van der Waals surface area contributed by atoms with Crippen molar-refractivity contribution in [1.82, 2.24) is 10.2 Å². The van der Waals surface area contributed by atoms with E-state index in [0.717, 1.165) is 20.1 Å². The van der Waals surface area contributed by atoms with E-state index in [0.29, 0.717) is 18.2 Å². The third-order valence-corrected chi connectivity index (χ3v) is 4.91. The van der Waals surface area contributed by atoms with Gasteiger partial charge in [-0.2, -0.15) is 0 Å². The summed E-state index contributed by atoms with van der Waals surface area (Å²) in [4.78, 5) is 11.9. The van der Waals surface area contributed by atoms with Gasteiger partial charge in [0.2, 0.25) is 11.0 Å². The van der Waals surface area contributed by atoms with Crippen molar-refractivity contribution in [2.45, 2.75) is 10.8 Å². The number of carbonyl (C=O) groups excluding carboxylic acids is 1. The smallest absolute Gasteiger partial charge is 0.230 e. The summed E-state index contributed by atoms with van der Waals surface area (Å²) < 4.78 is 6.79. The number of ether oxygens (including phenoxy) is 1. The highest BCUT2D eigenvalue weighted by atomic mass is 79.9. The summed E-state index contributed by atoms with van der Waals surface area (Å²) in [6, 6.07) is 7.65. The molecule has 1 heterocycles. The second-order valence-electron chi connectivity index (χ2n) is 4.07. The number of thioether (sulfide) groups is 1. The van der Waals surface area contributed by atoms with Gasteiger partial charge in [-0.05, 0) is 17.7 Å². The van der Waals surface area contributed by atoms with E-state index in [1.807, 2.05) is 24.3 Å². The molecule has 1 amide bonds. The van der Waals surface area contributed by atoms with Crippen molar-refractivity contribution < 1.29 is 9.53 Å². The van der Waals surface area contributed by atoms with Gasteiger partial charge in [0.1, 0.15) is 0 Å². The van der Waals surface area contributed by atoms with E-state index in [9.17, 15) is 4.79 Å². The van der Waals surface area contributed by atoms with Crippen LogP contribution in [0.1, 0.15) is 5.56 Å². The van der Waals surface area contributed by atoms with Crippen LogP contribution in [0.5, 0.6) is 0 Å². The van der Waals surface area contributed by atoms with Crippen LogP contribution < -0.4 is 5.32 Å². The molecule has 0 radical (unpaired) electrons. The van der Waals surface area contributed by atoms with Gasteiger partial charge in [0.15, 0.2) is 4.34 Å². The SMILES string of the molecule is COCCSc1nnc(NC(=O)Cc2ccc(Br)cc2)s1. The predicted octanol–water partition coefficient (Wildman–Crippen LogP) is 3.22. The van der Waals surface area contributed by atoms with Gasteiger partial charge in [0.25, 0.3) is 0 Å². The molecule has 112 valence electrons. The molecule has 1 aromatic carbocycles. The monoisotopic (exact) mass is 387 g/mol. The number of nitrogens with zero attached hydrogens (tertiary/aromatic N) is 2. The molecule has 0 saturated heterocycles. The normalized spacial score (nSPS) is 10.6. The fourth-order valence-corrected chi connectivity index (χ4v) is 3.49. The summed E-state index contributed by atoms with van der Waals surface area (Å²) in [7, 11) is 1.66. The Bertz CT molecular complexity index is 589. The van der Waals surface area contributed by atoms with Gasteiger partial charge in [0.05, 0.1) is 13.0 Å². The highest BCUT2D eigenvalue weighted by Crippen LogP contribution is 2.25. The Morgan fingerprint density at radius 3 is 2.86 bits per heavy atom. The maximum absolute atomic E-state index is 11.9. The molecule has 0 atom stereocenters. The third-order valence-electron chi connectivity index (χ3n) is 2.44. The van der Waals surface area contributed by atoms with E-state index in [2.05, 4.69) is 31.4 Å². The molecular weight excluding hydrogens is 374 g/mol. The first-order chi connectivity index (χ1) is 10.2. The molecule has 0 unspecified atom stereocenters. The summed E-state index contributed by atoms with van der Waals surface area (Å²) >= 11 is 6.30. The van der Waals surface area contributed by atoms with Crippen molar-refractivity contribution in [2.24, 2.45) is 0 Å². The summed E-state index contributed by atoms with van der Waals surface area (Å²) in [6.07, 6.45) is 0.318. The molecule has 0 aliphatic heterocycles. The van der Waals surface area contributed by atoms with E-state index in [4.69, 9.17) is 4.74 Å². The van der Waals surface area contributed by atoms with Gasteiger partial charge >= 0.3 is 0 Å². The number of methoxy groups -OCH3 is 1. The Balaban J connectivity index is 1.83. The van der Waals surface area contributed by atoms with Crippen molar-refractivity contribution in [1.29, 1.82) is 0 Å². The Morgan fingerprint density at radius 2 is 2.14 bits per heavy atom. The van der Waals surface area contributed by atoms with Crippen molar-refractivity contribution in [3.8, 4) is 0 Å². The van der Waals surface area contributed by atoms with E-state index < -0.39 is 0 Å². The summed E-state index contributed by atoms with van der Waals surface area (Å²) in [5.41, 5.74) is 0.954. The average Bonchev–Trinajstić information content (AvgIpc) is 2.89. The molecule has 8 heteroatoms. The van der Waals surface area contributed by atoms with Gasteiger partial charge in [-0.25, -0.2) is 0 Å². The van der Waals surface area contributed by atoms with E-state index in [1.165, 1.54) is 11.3 Å². The van der Waals surface area contributed by atoms with Gasteiger partial charge in [-0.1, -0.05) is 51.2 Å². The first-order valence-corrected chi connectivity index (χ1v) is 8.76. The Hall–Kier alpha value is -0.960. The highest BCUT2D eigenvalue weighted by Gasteiger charge is 2.09. The molecule has 21 heavy (non-hydrogen) atoms. The lowest BCUT2D eigenvalue weighted by Crippen LogP contribution is -2.14. The minimum absolute atomic E-state index is 0.0955. The van der Waals surface area contributed by atoms with Crippen molar-refractivity contribution in [3.63, 3.8) is 0 Å². The molecule has 1 N–H and O–H groups in total. The lowest BCUT2D eigenvalue weighted by atomic mass is 10.1. The van der Waals surface area contributed by atoms with Crippen LogP contribution in [0.25, 0.3) is 0 Å². The number of aromatic nitrogens is 2. The van der Waals surface area contributed by atoms with Crippen molar-refractivity contribution in [2.75, 3.05) is 24.8 Å². The second-order valence-corrected chi connectivity index (χ2v) is 7.30. The fourth-order valence-electron chi connectivity index (χ4n) is 1.48. The zero-order valence-electron chi connectivity index (χ0n) is 11.3. The van der Waals surface area contributed by atoms with Crippen LogP contribution >= 0.6 is 39.0 Å². The molecule has 0 aliphatic rings. The molecule has 0 aliphatic carbocycles. The van der Waals surface area contributed by atoms with Gasteiger partial charge in [-0.15, -0.1) is 10.2 Å². The number of nitrogens with one attached hydrogen (secondary N) is 1. The summed E-state index contributed by atoms with van der Waals surface area (Å²) in [6.45, 7) is 0.662. The van der Waals surface area contributed by atoms with E-state index in [1.54, 1.807) is 18.9 Å². The quantitative estimate of drug-likeness (QED) is 0.448. The topological polar surface area (TPSA) is 64.1 Å². The Morgan fingerprint density at radius 1 is 1.38 bits per heavy atom. The van der Waals surface area contributed by atoms with Crippen LogP contribution in [0.3, 0.4) is 0 Å². The fraction of sp³-hybridized carbons (Fsp3) is 0.308. The van der Waals surface area contributed by atoms with Gasteiger partial charge < -0.3 is 10.1 Å². The molecule has 0 bridgehead atoms. The van der Waals surface area contributed by atoms with E-state index in [-0.39, 0.29) is 5.91 Å². The van der Waals surface area contributed by atoms with Crippen molar-refractivity contribution >= 4 is 50.1 Å². The molecule has 5 nitrogen and oxygen atoms in total. The lowest BCUT2D eigenvalue weighted by Gasteiger charge is -2.01. The number of rotatable bonds is 7. The lowest BCUT2D eigenvalue weighted by molar-refractivity contribution is -0.115. The number of anilines is 1. The summed E-state index contributed by atoms with van der Waals surface area (Å²) in [5, 5.41) is 11.3. The maximum atomic E-state index is 11.9. The number of benzene rings is 1. The van der Waals surface area contributed by atoms with Crippen LogP contribution in [0, 0.1) is 0 Å². The summed E-state index contributed by atoms with van der Waals surface area (Å²) in [5.74, 6) is 0.722. The molecule has 0 saturated carbocycles. The Labute approximate surface area is 139 Å². The highest BCUT2D eigenvalue weighted by molar-refractivity contribution is 9.10. The third kappa shape index (κ3) is 5.74. The minimum atomic E-state index is -0.0955. The van der Waals surface area contributed by atoms with Gasteiger partial charge in [0, 0.05) is 17.3 Å². The molecule has 2 aromatic rings. The zero-order chi connectivity index (χ0) is 15.1. The number of hydrogen-bond acceptors (Lipinski definition) is 6. The number of halogens is 1. The van der Waals surface area contributed by atoms with Crippen molar-refractivity contribution in [3.05, 3.63) is 34.3 Å². The molecule has 0 fully saturated rings. The molecule has 1 aromatic heterocycles. The number of hydrogen-bond donors (Lipinski definition) is 1. The standard InChI is InChI=1S/C13H14BrN3O2S2/c1-19-6-7-20-13-17-16-12(21-13)15-11(18)8-9-2-4-10(14)5-3-9/h2-5H,6-8H2,1H3,(H,15,16,18). The number of amides is 1. The predicted molar refractivity (Wildman–Crippen MR) is 89.0 cm³/mol.